The van der Waals surface area contributed by atoms with Gasteiger partial charge in [0.05, 0.1) is 5.69 Å². The van der Waals surface area contributed by atoms with Gasteiger partial charge in [-0.1, -0.05) is 17.7 Å². The van der Waals surface area contributed by atoms with Crippen LogP contribution in [0, 0.1) is 5.82 Å². The van der Waals surface area contributed by atoms with Crippen LogP contribution in [0.15, 0.2) is 42.5 Å². The van der Waals surface area contributed by atoms with E-state index in [2.05, 4.69) is 5.32 Å². The van der Waals surface area contributed by atoms with E-state index in [9.17, 15) is 27.8 Å². The summed E-state index contributed by atoms with van der Waals surface area (Å²) < 4.78 is 35.0. The summed E-state index contributed by atoms with van der Waals surface area (Å²) in [6, 6.07) is 10.0. The zero-order valence-electron chi connectivity index (χ0n) is 15.8. The highest BCUT2D eigenvalue weighted by atomic mass is 35.5. The van der Waals surface area contributed by atoms with Gasteiger partial charge in [-0.2, -0.15) is 0 Å². The summed E-state index contributed by atoms with van der Waals surface area (Å²) >= 11 is 3.54. The maximum absolute atomic E-state index is 13.4. The first-order valence-corrected chi connectivity index (χ1v) is 10.3. The summed E-state index contributed by atoms with van der Waals surface area (Å²) in [5.41, 5.74) is -1.15. The number of benzene rings is 2. The minimum Gasteiger partial charge on any atom is -0.372 e. The van der Waals surface area contributed by atoms with Crippen LogP contribution >= 0.6 is 11.6 Å². The van der Waals surface area contributed by atoms with E-state index in [4.69, 9.17) is 11.6 Å². The van der Waals surface area contributed by atoms with Crippen molar-refractivity contribution in [2.24, 2.45) is 0 Å². The van der Waals surface area contributed by atoms with Crippen molar-refractivity contribution in [1.82, 2.24) is 5.32 Å². The van der Waals surface area contributed by atoms with E-state index in [0.29, 0.717) is 16.9 Å². The maximum Gasteiger partial charge on any atom is 0.268 e. The van der Waals surface area contributed by atoms with Gasteiger partial charge in [0.2, 0.25) is 5.60 Å². The standard InChI is InChI=1S/C19H19ClFN3O5S/c1-23(30(28)29)15-3-2-4-16(10-15)24-6-5-19(27,18(24)26)17(25)22-11-12-7-13(20)9-14(21)8-12/h2-4,7-10,27H,5-6,11H2,1H3,(H,22,25)(H,28,29)/t19-/m1/s1. The van der Waals surface area contributed by atoms with Crippen LogP contribution in [0.25, 0.3) is 0 Å². The van der Waals surface area contributed by atoms with Crippen LogP contribution in [0.4, 0.5) is 15.8 Å². The normalized spacial score (nSPS) is 19.6. The maximum atomic E-state index is 13.4. The zero-order valence-corrected chi connectivity index (χ0v) is 17.4. The lowest BCUT2D eigenvalue weighted by Gasteiger charge is -2.23. The van der Waals surface area contributed by atoms with Crippen LogP contribution in [0.1, 0.15) is 12.0 Å². The molecule has 30 heavy (non-hydrogen) atoms. The van der Waals surface area contributed by atoms with Gasteiger partial charge in [-0.3, -0.25) is 18.4 Å². The van der Waals surface area contributed by atoms with Gasteiger partial charge in [0.25, 0.3) is 23.1 Å². The average Bonchev–Trinajstić information content (AvgIpc) is 3.00. The summed E-state index contributed by atoms with van der Waals surface area (Å²) in [6.45, 7) is -0.0432. The van der Waals surface area contributed by atoms with Crippen LogP contribution in [0.5, 0.6) is 0 Å². The Balaban J connectivity index is 1.74. The largest absolute Gasteiger partial charge is 0.372 e. The van der Waals surface area contributed by atoms with E-state index in [1.807, 2.05) is 0 Å². The van der Waals surface area contributed by atoms with E-state index in [0.717, 1.165) is 10.4 Å². The number of carbonyl (C=O) groups excluding carboxylic acids is 2. The molecule has 11 heteroatoms. The molecule has 0 radical (unpaired) electrons. The number of halogens is 2. The molecule has 2 amide bonds. The molecule has 1 heterocycles. The third-order valence-corrected chi connectivity index (χ3v) is 5.68. The third kappa shape index (κ3) is 4.46. The quantitative estimate of drug-likeness (QED) is 0.454. The van der Waals surface area contributed by atoms with Crippen molar-refractivity contribution in [3.05, 3.63) is 58.9 Å². The molecular formula is C19H19ClFN3O5S. The first-order valence-electron chi connectivity index (χ1n) is 8.84. The second kappa shape index (κ2) is 8.68. The molecule has 2 aromatic carbocycles. The molecular weight excluding hydrogens is 437 g/mol. The molecule has 2 atom stereocenters. The highest BCUT2D eigenvalue weighted by Gasteiger charge is 2.51. The highest BCUT2D eigenvalue weighted by Crippen LogP contribution is 2.31. The van der Waals surface area contributed by atoms with Crippen molar-refractivity contribution in [1.29, 1.82) is 0 Å². The van der Waals surface area contributed by atoms with Gasteiger partial charge in [-0.25, -0.2) is 8.60 Å². The van der Waals surface area contributed by atoms with E-state index in [-0.39, 0.29) is 24.5 Å². The predicted molar refractivity (Wildman–Crippen MR) is 111 cm³/mol. The zero-order chi connectivity index (χ0) is 22.1. The van der Waals surface area contributed by atoms with E-state index < -0.39 is 34.5 Å². The minimum atomic E-state index is -2.28. The number of carbonyl (C=O) groups is 2. The summed E-state index contributed by atoms with van der Waals surface area (Å²) in [5, 5.41) is 13.3. The molecule has 3 N–H and O–H groups in total. The predicted octanol–water partition coefficient (Wildman–Crippen LogP) is 1.84. The monoisotopic (exact) mass is 455 g/mol. The molecule has 160 valence electrons. The van der Waals surface area contributed by atoms with E-state index in [1.165, 1.54) is 30.1 Å². The van der Waals surface area contributed by atoms with Crippen LogP contribution in [-0.2, 0) is 27.4 Å². The summed E-state index contributed by atoms with van der Waals surface area (Å²) in [6.07, 6.45) is -0.145. The van der Waals surface area contributed by atoms with Crippen molar-refractivity contribution >= 4 is 46.1 Å². The van der Waals surface area contributed by atoms with E-state index >= 15 is 0 Å². The molecule has 1 aliphatic rings. The molecule has 0 spiro atoms. The Morgan fingerprint density at radius 2 is 2.10 bits per heavy atom. The third-order valence-electron chi connectivity index (χ3n) is 4.79. The fraction of sp³-hybridized carbons (Fsp3) is 0.263. The smallest absolute Gasteiger partial charge is 0.268 e. The van der Waals surface area contributed by atoms with Crippen molar-refractivity contribution in [2.75, 3.05) is 22.8 Å². The fourth-order valence-electron chi connectivity index (χ4n) is 3.15. The molecule has 8 nitrogen and oxygen atoms in total. The molecule has 3 rings (SSSR count). The molecule has 1 unspecified atom stereocenters. The number of hydrogen-bond acceptors (Lipinski definition) is 4. The first kappa shape index (κ1) is 22.2. The Morgan fingerprint density at radius 1 is 1.37 bits per heavy atom. The van der Waals surface area contributed by atoms with Gasteiger partial charge in [-0.05, 0) is 42.0 Å². The summed E-state index contributed by atoms with van der Waals surface area (Å²) in [7, 11) is 1.41. The van der Waals surface area contributed by atoms with Crippen LogP contribution in [0.2, 0.25) is 5.02 Å². The van der Waals surface area contributed by atoms with Crippen molar-refractivity contribution < 1.29 is 27.8 Å². The summed E-state index contributed by atoms with van der Waals surface area (Å²) in [4.78, 5) is 26.6. The molecule has 1 saturated heterocycles. The lowest BCUT2D eigenvalue weighted by atomic mass is 10.0. The molecule has 2 aromatic rings. The average molecular weight is 456 g/mol. The molecule has 1 aliphatic heterocycles. The van der Waals surface area contributed by atoms with Gasteiger partial charge in [-0.15, -0.1) is 0 Å². The van der Waals surface area contributed by atoms with Crippen molar-refractivity contribution in [3.63, 3.8) is 0 Å². The lowest BCUT2D eigenvalue weighted by Crippen LogP contribution is -2.52. The van der Waals surface area contributed by atoms with Crippen LogP contribution in [0.3, 0.4) is 0 Å². The van der Waals surface area contributed by atoms with Gasteiger partial charge in [0, 0.05) is 37.3 Å². The van der Waals surface area contributed by atoms with E-state index in [1.54, 1.807) is 18.2 Å². The summed E-state index contributed by atoms with van der Waals surface area (Å²) in [5.74, 6) is -2.29. The van der Waals surface area contributed by atoms with Gasteiger partial charge < -0.3 is 15.3 Å². The highest BCUT2D eigenvalue weighted by molar-refractivity contribution is 7.80. The second-order valence-corrected chi connectivity index (χ2v) is 8.22. The number of aliphatic hydroxyl groups is 1. The first-order chi connectivity index (χ1) is 14.1. The van der Waals surface area contributed by atoms with Crippen LogP contribution < -0.4 is 14.5 Å². The SMILES string of the molecule is CN(c1cccc(N2CC[C@@](O)(C(=O)NCc3cc(F)cc(Cl)c3)C2=O)c1)S(=O)O. The number of hydrogen-bond donors (Lipinski definition) is 3. The number of nitrogens with one attached hydrogen (secondary N) is 1. The molecule has 0 aliphatic carbocycles. The fourth-order valence-corrected chi connectivity index (χ4v) is 3.69. The topological polar surface area (TPSA) is 110 Å². The van der Waals surface area contributed by atoms with Gasteiger partial charge in [0.1, 0.15) is 5.82 Å². The lowest BCUT2D eigenvalue weighted by molar-refractivity contribution is -0.149. The number of rotatable bonds is 6. The number of nitrogens with zero attached hydrogens (tertiary/aromatic N) is 2. The van der Waals surface area contributed by atoms with Crippen molar-refractivity contribution in [2.45, 2.75) is 18.6 Å². The Kier molecular flexibility index (Phi) is 6.41. The van der Waals surface area contributed by atoms with Gasteiger partial charge in [0.15, 0.2) is 0 Å². The molecule has 0 saturated carbocycles. The second-order valence-electron chi connectivity index (χ2n) is 6.78. The Hall–Kier alpha value is -2.53. The number of amides is 2. The Morgan fingerprint density at radius 3 is 2.77 bits per heavy atom. The number of anilines is 2. The Bertz CT molecular complexity index is 1000. The molecule has 0 aromatic heterocycles. The molecule has 0 bridgehead atoms. The molecule has 1 fully saturated rings. The minimum absolute atomic E-state index is 0.0733. The van der Waals surface area contributed by atoms with Crippen molar-refractivity contribution in [3.8, 4) is 0 Å². The van der Waals surface area contributed by atoms with Gasteiger partial charge >= 0.3 is 0 Å². The Labute approximate surface area is 179 Å². The van der Waals surface area contributed by atoms with Crippen LogP contribution in [-0.4, -0.2) is 44.9 Å².